The van der Waals surface area contributed by atoms with Gasteiger partial charge in [-0.1, -0.05) is 86.4 Å². The van der Waals surface area contributed by atoms with Gasteiger partial charge >= 0.3 is 5.97 Å². The average molecular weight is 666 g/mol. The molecule has 2 fully saturated rings. The van der Waals surface area contributed by atoms with Gasteiger partial charge < -0.3 is 19.3 Å². The van der Waals surface area contributed by atoms with E-state index in [0.717, 1.165) is 66.1 Å². The molecule has 1 aliphatic carbocycles. The lowest BCUT2D eigenvalue weighted by atomic mass is 9.88. The second-order valence-electron chi connectivity index (χ2n) is 14.8. The van der Waals surface area contributed by atoms with E-state index in [1.807, 2.05) is 49.4 Å². The molecule has 0 amide bonds. The highest BCUT2D eigenvalue weighted by Gasteiger charge is 2.51. The quantitative estimate of drug-likeness (QED) is 0.162. The molecule has 0 aromatic heterocycles. The van der Waals surface area contributed by atoms with Crippen LogP contribution < -0.4 is 15.3 Å². The van der Waals surface area contributed by atoms with Crippen molar-refractivity contribution in [2.75, 3.05) is 52.3 Å². The van der Waals surface area contributed by atoms with Crippen LogP contribution in [-0.4, -0.2) is 88.4 Å². The Labute approximate surface area is 290 Å². The van der Waals surface area contributed by atoms with E-state index in [2.05, 4.69) is 91.7 Å². The first-order chi connectivity index (χ1) is 23.0. The third-order valence-corrected chi connectivity index (χ3v) is 15.5. The summed E-state index contributed by atoms with van der Waals surface area (Å²) < 4.78 is 5.19. The van der Waals surface area contributed by atoms with Crippen LogP contribution in [0.1, 0.15) is 74.4 Å². The first-order valence-corrected chi connectivity index (χ1v) is 19.6. The van der Waals surface area contributed by atoms with Gasteiger partial charge in [0.25, 0.3) is 8.32 Å². The van der Waals surface area contributed by atoms with Gasteiger partial charge in [0, 0.05) is 43.0 Å². The van der Waals surface area contributed by atoms with Gasteiger partial charge in [-0.15, -0.1) is 0 Å². The fourth-order valence-corrected chi connectivity index (χ4v) is 12.1. The summed E-state index contributed by atoms with van der Waals surface area (Å²) in [6.07, 6.45) is 5.61. The summed E-state index contributed by atoms with van der Waals surface area (Å²) in [5.41, 5.74) is 3.51. The SMILES string of the molecule is CCN(c1cc(C#CCN2CC(CC(C)(C)[Si](O)(c3ccccc3)c3ccccc3)C2)cc(C(=O)OC)c1C)C1CCC(N(C)C)CC1. The number of anilines is 1. The van der Waals surface area contributed by atoms with Crippen molar-refractivity contribution in [1.82, 2.24) is 9.80 Å². The predicted molar refractivity (Wildman–Crippen MR) is 201 cm³/mol. The number of hydrogen-bond acceptors (Lipinski definition) is 6. The van der Waals surface area contributed by atoms with Crippen LogP contribution in [0.3, 0.4) is 0 Å². The van der Waals surface area contributed by atoms with Crippen LogP contribution in [0.15, 0.2) is 72.8 Å². The Kier molecular flexibility index (Phi) is 11.5. The molecule has 1 saturated heterocycles. The number of hydrogen-bond donors (Lipinski definition) is 1. The molecule has 6 nitrogen and oxygen atoms in total. The van der Waals surface area contributed by atoms with Gasteiger partial charge in [-0.25, -0.2) is 4.79 Å². The number of ether oxygens (including phenoxy) is 1. The lowest BCUT2D eigenvalue weighted by Gasteiger charge is -2.47. The molecule has 3 aromatic rings. The minimum Gasteiger partial charge on any atom is -0.465 e. The van der Waals surface area contributed by atoms with E-state index in [4.69, 9.17) is 4.74 Å². The van der Waals surface area contributed by atoms with Gasteiger partial charge in [0.05, 0.1) is 19.2 Å². The lowest BCUT2D eigenvalue weighted by molar-refractivity contribution is 0.0600. The fourth-order valence-electron chi connectivity index (χ4n) is 8.27. The minimum atomic E-state index is -3.02. The average Bonchev–Trinajstić information content (AvgIpc) is 3.08. The van der Waals surface area contributed by atoms with Crippen LogP contribution in [0.4, 0.5) is 5.69 Å². The minimum absolute atomic E-state index is 0.252. The number of esters is 1. The smallest absolute Gasteiger partial charge is 0.338 e. The second-order valence-corrected chi connectivity index (χ2v) is 18.7. The van der Waals surface area contributed by atoms with Gasteiger partial charge in [0.1, 0.15) is 0 Å². The molecule has 1 heterocycles. The molecule has 0 spiro atoms. The van der Waals surface area contributed by atoms with Crippen LogP contribution in [0.2, 0.25) is 5.04 Å². The molecule has 1 saturated carbocycles. The number of rotatable bonds is 11. The molecule has 7 heteroatoms. The number of methoxy groups -OCH3 is 1. The number of benzene rings is 3. The number of carbonyl (C=O) groups excluding carboxylic acids is 1. The van der Waals surface area contributed by atoms with Crippen molar-refractivity contribution in [2.45, 2.75) is 76.9 Å². The Morgan fingerprint density at radius 3 is 2.04 bits per heavy atom. The van der Waals surface area contributed by atoms with E-state index in [1.165, 1.54) is 20.0 Å². The largest absolute Gasteiger partial charge is 0.465 e. The Morgan fingerprint density at radius 1 is 0.958 bits per heavy atom. The molecular formula is C41H55N3O3Si. The topological polar surface area (TPSA) is 56.3 Å². The van der Waals surface area contributed by atoms with Crippen molar-refractivity contribution in [3.05, 3.63) is 89.5 Å². The van der Waals surface area contributed by atoms with E-state index >= 15 is 0 Å². The maximum absolute atomic E-state index is 12.9. The Hall–Kier alpha value is -3.41. The van der Waals surface area contributed by atoms with Crippen LogP contribution in [0.5, 0.6) is 0 Å². The molecule has 0 radical (unpaired) electrons. The van der Waals surface area contributed by atoms with Crippen LogP contribution in [0.25, 0.3) is 0 Å². The summed E-state index contributed by atoms with van der Waals surface area (Å²) in [5, 5.41) is 1.88. The molecule has 1 N–H and O–H groups in total. The summed E-state index contributed by atoms with van der Waals surface area (Å²) in [7, 11) is 2.79. The first-order valence-electron chi connectivity index (χ1n) is 17.7. The summed E-state index contributed by atoms with van der Waals surface area (Å²) >= 11 is 0. The number of likely N-dealkylation sites (tertiary alicyclic amines) is 1. The Bertz CT molecular complexity index is 1540. The molecule has 48 heavy (non-hydrogen) atoms. The third kappa shape index (κ3) is 7.58. The molecule has 5 rings (SSSR count). The summed E-state index contributed by atoms with van der Waals surface area (Å²) in [6.45, 7) is 12.3. The Morgan fingerprint density at radius 2 is 1.52 bits per heavy atom. The second kappa shape index (κ2) is 15.4. The van der Waals surface area contributed by atoms with E-state index in [0.29, 0.717) is 30.1 Å². The number of nitrogens with zero attached hydrogens (tertiary/aromatic N) is 3. The first kappa shape index (κ1) is 35.9. The van der Waals surface area contributed by atoms with Crippen LogP contribution >= 0.6 is 0 Å². The highest BCUT2D eigenvalue weighted by atomic mass is 28.4. The monoisotopic (exact) mass is 665 g/mol. The predicted octanol–water partition coefficient (Wildman–Crippen LogP) is 5.69. The normalized spacial score (nSPS) is 18.9. The zero-order chi connectivity index (χ0) is 34.5. The lowest BCUT2D eigenvalue weighted by Crippen LogP contribution is -2.66. The zero-order valence-corrected chi connectivity index (χ0v) is 31.1. The van der Waals surface area contributed by atoms with Crippen LogP contribution in [0, 0.1) is 24.7 Å². The highest BCUT2D eigenvalue weighted by molar-refractivity contribution is 6.98. The van der Waals surface area contributed by atoms with Crippen molar-refractivity contribution in [3.8, 4) is 11.8 Å². The zero-order valence-electron chi connectivity index (χ0n) is 30.1. The molecule has 2 aliphatic rings. The van der Waals surface area contributed by atoms with Gasteiger partial charge in [-0.3, -0.25) is 4.90 Å². The molecule has 1 aliphatic heterocycles. The Balaban J connectivity index is 1.27. The molecule has 0 bridgehead atoms. The van der Waals surface area contributed by atoms with Gasteiger partial charge in [0.15, 0.2) is 0 Å². The third-order valence-electron chi connectivity index (χ3n) is 11.0. The van der Waals surface area contributed by atoms with Crippen molar-refractivity contribution < 1.29 is 14.3 Å². The van der Waals surface area contributed by atoms with E-state index in [1.54, 1.807) is 0 Å². The molecule has 0 atom stereocenters. The maximum atomic E-state index is 12.9. The summed E-state index contributed by atoms with van der Waals surface area (Å²) in [6, 6.07) is 25.7. The van der Waals surface area contributed by atoms with Crippen molar-refractivity contribution >= 4 is 30.3 Å². The van der Waals surface area contributed by atoms with Gasteiger partial charge in [-0.2, -0.15) is 0 Å². The maximum Gasteiger partial charge on any atom is 0.338 e. The summed E-state index contributed by atoms with van der Waals surface area (Å²) in [4.78, 5) is 32.6. The van der Waals surface area contributed by atoms with Crippen molar-refractivity contribution in [1.29, 1.82) is 0 Å². The summed E-state index contributed by atoms with van der Waals surface area (Å²) in [5.74, 6) is 7.01. The van der Waals surface area contributed by atoms with Crippen molar-refractivity contribution in [3.63, 3.8) is 0 Å². The fraction of sp³-hybridized carbons (Fsp3) is 0.488. The highest BCUT2D eigenvalue weighted by Crippen LogP contribution is 2.43. The molecule has 0 unspecified atom stereocenters. The molecular weight excluding hydrogens is 611 g/mol. The van der Waals surface area contributed by atoms with Gasteiger partial charge in [-0.05, 0) is 99.1 Å². The van der Waals surface area contributed by atoms with E-state index in [-0.39, 0.29) is 11.0 Å². The van der Waals surface area contributed by atoms with Gasteiger partial charge in [0.2, 0.25) is 0 Å². The molecule has 3 aromatic carbocycles. The number of carbonyl (C=O) groups is 1. The van der Waals surface area contributed by atoms with E-state index in [9.17, 15) is 9.59 Å². The van der Waals surface area contributed by atoms with Crippen molar-refractivity contribution in [2.24, 2.45) is 5.92 Å². The molecule has 256 valence electrons. The van der Waals surface area contributed by atoms with E-state index < -0.39 is 8.32 Å². The van der Waals surface area contributed by atoms with Crippen LogP contribution in [-0.2, 0) is 4.74 Å². The standard InChI is InChI=1S/C41H55N3O3Si/c1-8-44(35-23-21-34(22-24-35)42(5)6)39-27-32(26-38(31(39)2)40(45)47-7)16-15-25-43-29-33(30-43)28-41(3,4)48(46,36-17-11-9-12-18-36)37-19-13-10-14-20-37/h9-14,17-20,26-27,33-35,46H,8,21-25,28-30H2,1-7H3.